The van der Waals surface area contributed by atoms with Gasteiger partial charge in [-0.3, -0.25) is 0 Å². The monoisotopic (exact) mass is 274 g/mol. The van der Waals surface area contributed by atoms with Crippen molar-refractivity contribution in [1.82, 2.24) is 14.8 Å². The average Bonchev–Trinajstić information content (AvgIpc) is 2.84. The highest BCUT2D eigenvalue weighted by molar-refractivity contribution is 6.03. The Labute approximate surface area is 117 Å². The quantitative estimate of drug-likeness (QED) is 0.496. The molecule has 0 bridgehead atoms. The third-order valence-electron chi connectivity index (χ3n) is 2.98. The zero-order valence-electron chi connectivity index (χ0n) is 11.5. The molecule has 6 heteroatoms. The van der Waals surface area contributed by atoms with Crippen molar-refractivity contribution in [3.05, 3.63) is 30.6 Å². The fourth-order valence-corrected chi connectivity index (χ4v) is 1.97. The SMILES string of the molecule is C=CCCCn1ncc2c(N)c(C(=O)OCC)cnc21. The van der Waals surface area contributed by atoms with Gasteiger partial charge in [-0.05, 0) is 19.8 Å². The molecule has 2 aromatic rings. The summed E-state index contributed by atoms with van der Waals surface area (Å²) in [6.45, 7) is 6.47. The lowest BCUT2D eigenvalue weighted by molar-refractivity contribution is 0.0527. The maximum Gasteiger partial charge on any atom is 0.341 e. The van der Waals surface area contributed by atoms with Crippen LogP contribution in [0.25, 0.3) is 11.0 Å². The summed E-state index contributed by atoms with van der Waals surface area (Å²) in [5, 5.41) is 4.94. The summed E-state index contributed by atoms with van der Waals surface area (Å²) in [5.74, 6) is -0.459. The number of ether oxygens (including phenoxy) is 1. The highest BCUT2D eigenvalue weighted by Crippen LogP contribution is 2.23. The number of aromatic nitrogens is 3. The molecule has 0 amide bonds. The Morgan fingerprint density at radius 3 is 3.05 bits per heavy atom. The van der Waals surface area contributed by atoms with E-state index in [4.69, 9.17) is 10.5 Å². The molecule has 20 heavy (non-hydrogen) atoms. The standard InChI is InChI=1S/C14H18N4O2/c1-3-5-6-7-18-13-10(9-17-18)12(15)11(8-16-13)14(19)20-4-2/h3,8-9H,1,4-7H2,2H3,(H2,15,16). The van der Waals surface area contributed by atoms with Crippen molar-refractivity contribution in [2.45, 2.75) is 26.3 Å². The van der Waals surface area contributed by atoms with Crippen molar-refractivity contribution >= 4 is 22.7 Å². The van der Waals surface area contributed by atoms with Crippen LogP contribution in [0.3, 0.4) is 0 Å². The summed E-state index contributed by atoms with van der Waals surface area (Å²) in [6, 6.07) is 0. The number of nitrogens with two attached hydrogens (primary N) is 1. The highest BCUT2D eigenvalue weighted by Gasteiger charge is 2.16. The second-order valence-corrected chi connectivity index (χ2v) is 4.34. The Hall–Kier alpha value is -2.37. The highest BCUT2D eigenvalue weighted by atomic mass is 16.5. The number of unbranched alkanes of at least 4 members (excludes halogenated alkanes) is 1. The minimum absolute atomic E-state index is 0.282. The molecular weight excluding hydrogens is 256 g/mol. The summed E-state index contributed by atoms with van der Waals surface area (Å²) in [4.78, 5) is 16.0. The number of esters is 1. The van der Waals surface area contributed by atoms with Crippen LogP contribution in [0, 0.1) is 0 Å². The molecule has 0 atom stereocenters. The van der Waals surface area contributed by atoms with Crippen LogP contribution in [0.1, 0.15) is 30.1 Å². The van der Waals surface area contributed by atoms with Crippen LogP contribution >= 0.6 is 0 Å². The van der Waals surface area contributed by atoms with E-state index in [0.717, 1.165) is 19.4 Å². The third-order valence-corrected chi connectivity index (χ3v) is 2.98. The Bertz CT molecular complexity index is 633. The summed E-state index contributed by atoms with van der Waals surface area (Å²) in [6.07, 6.45) is 6.79. The van der Waals surface area contributed by atoms with Gasteiger partial charge in [0, 0.05) is 12.7 Å². The van der Waals surface area contributed by atoms with E-state index in [1.165, 1.54) is 6.20 Å². The van der Waals surface area contributed by atoms with E-state index < -0.39 is 5.97 Å². The molecular formula is C14H18N4O2. The van der Waals surface area contributed by atoms with Crippen LogP contribution in [0.4, 0.5) is 5.69 Å². The van der Waals surface area contributed by atoms with Gasteiger partial charge in [-0.25, -0.2) is 14.5 Å². The van der Waals surface area contributed by atoms with Crippen LogP contribution in [-0.4, -0.2) is 27.3 Å². The molecule has 2 heterocycles. The molecule has 2 N–H and O–H groups in total. The van der Waals surface area contributed by atoms with Crippen molar-refractivity contribution in [1.29, 1.82) is 0 Å². The zero-order valence-corrected chi connectivity index (χ0v) is 11.5. The average molecular weight is 274 g/mol. The summed E-state index contributed by atoms with van der Waals surface area (Å²) < 4.78 is 6.73. The van der Waals surface area contributed by atoms with Gasteiger partial charge < -0.3 is 10.5 Å². The summed E-state index contributed by atoms with van der Waals surface area (Å²) in [7, 11) is 0. The number of carbonyl (C=O) groups is 1. The molecule has 0 saturated carbocycles. The largest absolute Gasteiger partial charge is 0.462 e. The molecule has 0 spiro atoms. The first-order valence-electron chi connectivity index (χ1n) is 6.57. The molecule has 6 nitrogen and oxygen atoms in total. The molecule has 0 radical (unpaired) electrons. The van der Waals surface area contributed by atoms with E-state index in [9.17, 15) is 4.79 Å². The Balaban J connectivity index is 2.33. The number of hydrogen-bond donors (Lipinski definition) is 1. The molecule has 0 aliphatic carbocycles. The number of pyridine rings is 1. The van der Waals surface area contributed by atoms with Crippen LogP contribution in [0.2, 0.25) is 0 Å². The first-order valence-corrected chi connectivity index (χ1v) is 6.57. The maximum absolute atomic E-state index is 11.7. The summed E-state index contributed by atoms with van der Waals surface area (Å²) in [5.41, 5.74) is 7.33. The van der Waals surface area contributed by atoms with E-state index in [1.807, 2.05) is 6.08 Å². The summed E-state index contributed by atoms with van der Waals surface area (Å²) >= 11 is 0. The van der Waals surface area contributed by atoms with Gasteiger partial charge in [0.2, 0.25) is 0 Å². The number of nitrogen functional groups attached to an aromatic ring is 1. The van der Waals surface area contributed by atoms with E-state index in [-0.39, 0.29) is 5.56 Å². The maximum atomic E-state index is 11.7. The number of hydrogen-bond acceptors (Lipinski definition) is 5. The van der Waals surface area contributed by atoms with Crippen molar-refractivity contribution in [2.24, 2.45) is 0 Å². The van der Waals surface area contributed by atoms with Gasteiger partial charge in [-0.15, -0.1) is 6.58 Å². The number of carbonyl (C=O) groups excluding carboxylic acids is 1. The van der Waals surface area contributed by atoms with Gasteiger partial charge in [-0.2, -0.15) is 5.10 Å². The molecule has 0 aliphatic rings. The molecule has 0 aromatic carbocycles. The minimum atomic E-state index is -0.459. The predicted octanol–water partition coefficient (Wildman–Crippen LogP) is 2.16. The van der Waals surface area contributed by atoms with E-state index in [2.05, 4.69) is 16.7 Å². The van der Waals surface area contributed by atoms with Gasteiger partial charge >= 0.3 is 5.97 Å². The van der Waals surface area contributed by atoms with Crippen molar-refractivity contribution < 1.29 is 9.53 Å². The molecule has 0 unspecified atom stereocenters. The van der Waals surface area contributed by atoms with Crippen LogP contribution in [-0.2, 0) is 11.3 Å². The van der Waals surface area contributed by atoms with Crippen molar-refractivity contribution in [2.75, 3.05) is 12.3 Å². The lowest BCUT2D eigenvalue weighted by Crippen LogP contribution is -2.09. The first kappa shape index (κ1) is 14.0. The second-order valence-electron chi connectivity index (χ2n) is 4.34. The van der Waals surface area contributed by atoms with Crippen molar-refractivity contribution in [3.8, 4) is 0 Å². The smallest absolute Gasteiger partial charge is 0.341 e. The first-order chi connectivity index (χ1) is 9.69. The predicted molar refractivity (Wildman–Crippen MR) is 77.3 cm³/mol. The van der Waals surface area contributed by atoms with E-state index >= 15 is 0 Å². The number of allylic oxidation sites excluding steroid dienone is 1. The van der Waals surface area contributed by atoms with E-state index in [1.54, 1.807) is 17.8 Å². The molecule has 0 saturated heterocycles. The Morgan fingerprint density at radius 1 is 1.55 bits per heavy atom. The van der Waals surface area contributed by atoms with Crippen molar-refractivity contribution in [3.63, 3.8) is 0 Å². The molecule has 0 fully saturated rings. The number of rotatable bonds is 6. The minimum Gasteiger partial charge on any atom is -0.462 e. The molecule has 2 rings (SSSR count). The van der Waals surface area contributed by atoms with Gasteiger partial charge in [-0.1, -0.05) is 6.08 Å². The molecule has 2 aromatic heterocycles. The van der Waals surface area contributed by atoms with Crippen LogP contribution in [0.15, 0.2) is 25.0 Å². The Kier molecular flexibility index (Phi) is 4.34. The number of fused-ring (bicyclic) bond motifs is 1. The zero-order chi connectivity index (χ0) is 14.5. The van der Waals surface area contributed by atoms with Gasteiger partial charge in [0.1, 0.15) is 5.56 Å². The topological polar surface area (TPSA) is 83.0 Å². The van der Waals surface area contributed by atoms with Crippen LogP contribution < -0.4 is 5.73 Å². The fraction of sp³-hybridized carbons (Fsp3) is 0.357. The third kappa shape index (κ3) is 2.64. The van der Waals surface area contributed by atoms with Gasteiger partial charge in [0.25, 0.3) is 0 Å². The molecule has 0 aliphatic heterocycles. The van der Waals surface area contributed by atoms with E-state index in [0.29, 0.717) is 23.3 Å². The molecule has 106 valence electrons. The fourth-order valence-electron chi connectivity index (χ4n) is 1.97. The number of nitrogens with zero attached hydrogens (tertiary/aromatic N) is 3. The van der Waals surface area contributed by atoms with Gasteiger partial charge in [0.15, 0.2) is 5.65 Å². The second kappa shape index (κ2) is 6.18. The normalized spacial score (nSPS) is 10.7. The Morgan fingerprint density at radius 2 is 2.35 bits per heavy atom. The number of aryl methyl sites for hydroxylation is 1. The lowest BCUT2D eigenvalue weighted by Gasteiger charge is -2.06. The lowest BCUT2D eigenvalue weighted by atomic mass is 10.2. The van der Waals surface area contributed by atoms with Crippen LogP contribution in [0.5, 0.6) is 0 Å². The number of anilines is 1. The van der Waals surface area contributed by atoms with Gasteiger partial charge in [0.05, 0.1) is 23.9 Å².